The molecule has 4 rings (SSSR count). The first-order valence-electron chi connectivity index (χ1n) is 7.85. The van der Waals surface area contributed by atoms with E-state index in [1.807, 2.05) is 35.2 Å². The lowest BCUT2D eigenvalue weighted by Gasteiger charge is -2.20. The molecule has 2 aromatic carbocycles. The molecule has 0 aliphatic carbocycles. The highest BCUT2D eigenvalue weighted by atomic mass is 19.1. The molecule has 0 saturated carbocycles. The molecule has 23 heavy (non-hydrogen) atoms. The van der Waals surface area contributed by atoms with Crippen molar-refractivity contribution in [2.45, 2.75) is 12.8 Å². The Kier molecular flexibility index (Phi) is 3.37. The molecule has 0 fully saturated rings. The van der Waals surface area contributed by atoms with E-state index in [0.717, 1.165) is 35.0 Å². The number of nitrogens with one attached hydrogen (secondary N) is 1. The van der Waals surface area contributed by atoms with Crippen LogP contribution in [0, 0.1) is 5.82 Å². The number of halogens is 1. The predicted octanol–water partition coefficient (Wildman–Crippen LogP) is 3.55. The number of aromatic amines is 1. The van der Waals surface area contributed by atoms with E-state index in [2.05, 4.69) is 4.98 Å². The highest BCUT2D eigenvalue weighted by Gasteiger charge is 2.22. The Hall–Kier alpha value is -2.62. The summed E-state index contributed by atoms with van der Waals surface area (Å²) in [7, 11) is 0. The Bertz CT molecular complexity index is 870. The molecule has 3 nitrogen and oxygen atoms in total. The van der Waals surface area contributed by atoms with Crippen molar-refractivity contribution < 1.29 is 9.18 Å². The summed E-state index contributed by atoms with van der Waals surface area (Å²) >= 11 is 0. The number of carbonyl (C=O) groups is 1. The third kappa shape index (κ3) is 2.50. The molecule has 0 saturated heterocycles. The topological polar surface area (TPSA) is 36.1 Å². The van der Waals surface area contributed by atoms with Gasteiger partial charge in [0, 0.05) is 41.7 Å². The first kappa shape index (κ1) is 14.0. The van der Waals surface area contributed by atoms with Gasteiger partial charge in [-0.3, -0.25) is 4.79 Å². The van der Waals surface area contributed by atoms with Crippen LogP contribution >= 0.6 is 0 Å². The minimum Gasteiger partial charge on any atom is -0.358 e. The van der Waals surface area contributed by atoms with Gasteiger partial charge < -0.3 is 9.88 Å². The summed E-state index contributed by atoms with van der Waals surface area (Å²) in [6, 6.07) is 14.2. The van der Waals surface area contributed by atoms with E-state index in [1.54, 1.807) is 12.1 Å². The lowest BCUT2D eigenvalue weighted by atomic mass is 10.1. The Morgan fingerprint density at radius 3 is 2.65 bits per heavy atom. The number of rotatable bonds is 1. The van der Waals surface area contributed by atoms with Gasteiger partial charge in [-0.25, -0.2) is 4.39 Å². The summed E-state index contributed by atoms with van der Waals surface area (Å²) in [5, 5.41) is 0.939. The number of carbonyl (C=O) groups excluding carboxylic acids is 1. The van der Waals surface area contributed by atoms with Crippen LogP contribution in [0.3, 0.4) is 0 Å². The van der Waals surface area contributed by atoms with E-state index in [4.69, 9.17) is 0 Å². The van der Waals surface area contributed by atoms with Gasteiger partial charge in [-0.1, -0.05) is 18.2 Å². The molecule has 1 amide bonds. The molecule has 1 aliphatic rings. The average Bonchev–Trinajstić information content (AvgIpc) is 2.78. The van der Waals surface area contributed by atoms with Gasteiger partial charge in [0.25, 0.3) is 5.91 Å². The van der Waals surface area contributed by atoms with E-state index in [0.29, 0.717) is 18.7 Å². The lowest BCUT2D eigenvalue weighted by Crippen LogP contribution is -2.33. The summed E-state index contributed by atoms with van der Waals surface area (Å²) in [4.78, 5) is 17.9. The molecule has 116 valence electrons. The molecule has 3 aromatic rings. The molecule has 0 spiro atoms. The summed E-state index contributed by atoms with van der Waals surface area (Å²) < 4.78 is 13.5. The van der Waals surface area contributed by atoms with Crippen LogP contribution in [0.4, 0.5) is 4.39 Å². The molecule has 0 bridgehead atoms. The Morgan fingerprint density at radius 1 is 1.04 bits per heavy atom. The maximum atomic E-state index is 13.5. The van der Waals surface area contributed by atoms with Crippen molar-refractivity contribution in [1.82, 2.24) is 9.88 Å². The molecule has 0 atom stereocenters. The molecular formula is C19H17FN2O. The van der Waals surface area contributed by atoms with E-state index in [9.17, 15) is 9.18 Å². The standard InChI is InChI=1S/C19H17FN2O/c20-14-6-7-17-16(12-14)15-8-10-22(11-9-18(15)21-17)19(23)13-4-2-1-3-5-13/h1-7,12,21H,8-11H2. The SMILES string of the molecule is O=C(c1ccccc1)N1CCc2[nH]c3ccc(F)cc3c2CC1. The zero-order valence-electron chi connectivity index (χ0n) is 12.7. The largest absolute Gasteiger partial charge is 0.358 e. The first-order chi connectivity index (χ1) is 11.2. The van der Waals surface area contributed by atoms with Gasteiger partial charge in [0.05, 0.1) is 0 Å². The van der Waals surface area contributed by atoms with Crippen LogP contribution in [0.2, 0.25) is 0 Å². The third-order valence-corrected chi connectivity index (χ3v) is 4.53. The summed E-state index contributed by atoms with van der Waals surface area (Å²) in [6.07, 6.45) is 1.52. The third-order valence-electron chi connectivity index (χ3n) is 4.53. The maximum absolute atomic E-state index is 13.5. The lowest BCUT2D eigenvalue weighted by molar-refractivity contribution is 0.0763. The summed E-state index contributed by atoms with van der Waals surface area (Å²) in [5.74, 6) is -0.160. The second-order valence-electron chi connectivity index (χ2n) is 5.93. The fourth-order valence-corrected chi connectivity index (χ4v) is 3.35. The minimum absolute atomic E-state index is 0.0613. The van der Waals surface area contributed by atoms with Crippen molar-refractivity contribution in [2.75, 3.05) is 13.1 Å². The van der Waals surface area contributed by atoms with Gasteiger partial charge in [-0.05, 0) is 42.3 Å². The molecule has 1 N–H and O–H groups in total. The van der Waals surface area contributed by atoms with Crippen LogP contribution in [0.25, 0.3) is 10.9 Å². The highest BCUT2D eigenvalue weighted by Crippen LogP contribution is 2.27. The number of hydrogen-bond donors (Lipinski definition) is 1. The van der Waals surface area contributed by atoms with Crippen molar-refractivity contribution >= 4 is 16.8 Å². The van der Waals surface area contributed by atoms with Crippen LogP contribution < -0.4 is 0 Å². The van der Waals surface area contributed by atoms with Crippen LogP contribution in [0.5, 0.6) is 0 Å². The minimum atomic E-state index is -0.222. The maximum Gasteiger partial charge on any atom is 0.253 e. The van der Waals surface area contributed by atoms with Gasteiger partial charge in [-0.2, -0.15) is 0 Å². The number of fused-ring (bicyclic) bond motifs is 3. The van der Waals surface area contributed by atoms with E-state index in [1.165, 1.54) is 6.07 Å². The van der Waals surface area contributed by atoms with Crippen LogP contribution in [-0.4, -0.2) is 28.9 Å². The average molecular weight is 308 g/mol. The summed E-state index contributed by atoms with van der Waals surface area (Å²) in [5.41, 5.74) is 3.95. The van der Waals surface area contributed by atoms with Gasteiger partial charge in [0.1, 0.15) is 5.82 Å². The predicted molar refractivity (Wildman–Crippen MR) is 88.0 cm³/mol. The number of hydrogen-bond acceptors (Lipinski definition) is 1. The number of amides is 1. The normalized spacial score (nSPS) is 14.6. The van der Waals surface area contributed by atoms with Gasteiger partial charge in [0.2, 0.25) is 0 Å². The molecule has 1 aliphatic heterocycles. The fourth-order valence-electron chi connectivity index (χ4n) is 3.35. The van der Waals surface area contributed by atoms with Crippen molar-refractivity contribution in [3.05, 3.63) is 71.2 Å². The molecule has 1 aromatic heterocycles. The molecular weight excluding hydrogens is 291 g/mol. The Morgan fingerprint density at radius 2 is 1.83 bits per heavy atom. The van der Waals surface area contributed by atoms with Gasteiger partial charge in [-0.15, -0.1) is 0 Å². The Labute approximate surface area is 133 Å². The number of aromatic nitrogens is 1. The second-order valence-corrected chi connectivity index (χ2v) is 5.93. The van der Waals surface area contributed by atoms with Crippen LogP contribution in [0.15, 0.2) is 48.5 Å². The summed E-state index contributed by atoms with van der Waals surface area (Å²) in [6.45, 7) is 1.33. The van der Waals surface area contributed by atoms with E-state index < -0.39 is 0 Å². The second kappa shape index (κ2) is 5.54. The molecule has 4 heteroatoms. The van der Waals surface area contributed by atoms with Gasteiger partial charge in [0.15, 0.2) is 0 Å². The van der Waals surface area contributed by atoms with E-state index >= 15 is 0 Å². The zero-order valence-corrected chi connectivity index (χ0v) is 12.7. The smallest absolute Gasteiger partial charge is 0.253 e. The number of nitrogens with zero attached hydrogens (tertiary/aromatic N) is 1. The monoisotopic (exact) mass is 308 g/mol. The van der Waals surface area contributed by atoms with Crippen molar-refractivity contribution in [3.63, 3.8) is 0 Å². The van der Waals surface area contributed by atoms with Crippen LogP contribution in [-0.2, 0) is 12.8 Å². The fraction of sp³-hybridized carbons (Fsp3) is 0.211. The molecule has 0 unspecified atom stereocenters. The number of H-pyrrole nitrogens is 1. The van der Waals surface area contributed by atoms with Crippen molar-refractivity contribution in [2.24, 2.45) is 0 Å². The van der Waals surface area contributed by atoms with Crippen molar-refractivity contribution in [3.8, 4) is 0 Å². The molecule has 2 heterocycles. The van der Waals surface area contributed by atoms with Gasteiger partial charge >= 0.3 is 0 Å². The number of benzene rings is 2. The quantitative estimate of drug-likeness (QED) is 0.733. The highest BCUT2D eigenvalue weighted by molar-refractivity contribution is 5.94. The van der Waals surface area contributed by atoms with E-state index in [-0.39, 0.29) is 11.7 Å². The van der Waals surface area contributed by atoms with Crippen LogP contribution in [0.1, 0.15) is 21.6 Å². The molecule has 0 radical (unpaired) electrons. The van der Waals surface area contributed by atoms with Crippen molar-refractivity contribution in [1.29, 1.82) is 0 Å². The Balaban J connectivity index is 1.62. The first-order valence-corrected chi connectivity index (χ1v) is 7.85. The zero-order chi connectivity index (χ0) is 15.8.